The van der Waals surface area contributed by atoms with E-state index in [1.807, 2.05) is 0 Å². The number of carbonyl (C=O) groups is 3. The highest BCUT2D eigenvalue weighted by Gasteiger charge is 2.18. The Morgan fingerprint density at radius 2 is 1.50 bits per heavy atom. The van der Waals surface area contributed by atoms with E-state index in [4.69, 9.17) is 4.74 Å². The Balaban J connectivity index is 1.79. The predicted molar refractivity (Wildman–Crippen MR) is 89.3 cm³/mol. The maximum absolute atomic E-state index is 12.8. The zero-order valence-electron chi connectivity index (χ0n) is 13.8. The second-order valence-electron chi connectivity index (χ2n) is 5.32. The number of esters is 1. The molecule has 2 N–H and O–H groups in total. The second kappa shape index (κ2) is 8.70. The largest absolute Gasteiger partial charge is 0.451 e. The van der Waals surface area contributed by atoms with Crippen LogP contribution in [-0.4, -0.2) is 30.4 Å². The van der Waals surface area contributed by atoms with E-state index in [0.717, 1.165) is 12.1 Å². The molecule has 136 valence electrons. The molecule has 26 heavy (non-hydrogen) atoms. The van der Waals surface area contributed by atoms with Crippen LogP contribution < -0.4 is 10.6 Å². The molecule has 0 aliphatic rings. The Morgan fingerprint density at radius 3 is 2.08 bits per heavy atom. The smallest absolute Gasteiger partial charge is 0.326 e. The van der Waals surface area contributed by atoms with Gasteiger partial charge in [-0.1, -0.05) is 0 Å². The van der Waals surface area contributed by atoms with E-state index in [9.17, 15) is 23.2 Å². The Bertz CT molecular complexity index is 792. The Morgan fingerprint density at radius 1 is 0.962 bits per heavy atom. The van der Waals surface area contributed by atoms with E-state index in [2.05, 4.69) is 10.6 Å². The van der Waals surface area contributed by atoms with Gasteiger partial charge in [-0.2, -0.15) is 0 Å². The van der Waals surface area contributed by atoms with Gasteiger partial charge >= 0.3 is 5.97 Å². The zero-order chi connectivity index (χ0) is 19.1. The van der Waals surface area contributed by atoms with Crippen molar-refractivity contribution in [2.24, 2.45) is 0 Å². The Hall–Kier alpha value is -3.29. The van der Waals surface area contributed by atoms with Gasteiger partial charge in [0.2, 0.25) is 0 Å². The highest BCUT2D eigenvalue weighted by molar-refractivity contribution is 5.97. The molecule has 0 radical (unpaired) electrons. The van der Waals surface area contributed by atoms with E-state index >= 15 is 0 Å². The molecule has 2 amide bonds. The van der Waals surface area contributed by atoms with Crippen molar-refractivity contribution in [2.45, 2.75) is 13.0 Å². The van der Waals surface area contributed by atoms with Crippen LogP contribution in [-0.2, 0) is 14.3 Å². The lowest BCUT2D eigenvalue weighted by molar-refractivity contribution is -0.152. The van der Waals surface area contributed by atoms with Crippen LogP contribution in [0.1, 0.15) is 17.3 Å². The minimum Gasteiger partial charge on any atom is -0.451 e. The number of amides is 2. The van der Waals surface area contributed by atoms with Gasteiger partial charge in [-0.3, -0.25) is 14.4 Å². The van der Waals surface area contributed by atoms with E-state index < -0.39 is 42.1 Å². The van der Waals surface area contributed by atoms with E-state index in [1.165, 1.54) is 43.3 Å². The number of ether oxygens (including phenoxy) is 1. The highest BCUT2D eigenvalue weighted by Crippen LogP contribution is 2.09. The lowest BCUT2D eigenvalue weighted by atomic mass is 10.2. The summed E-state index contributed by atoms with van der Waals surface area (Å²) in [4.78, 5) is 35.4. The van der Waals surface area contributed by atoms with Crippen molar-refractivity contribution in [3.63, 3.8) is 0 Å². The van der Waals surface area contributed by atoms with Crippen LogP contribution in [0.4, 0.5) is 14.5 Å². The number of hydrogen-bond acceptors (Lipinski definition) is 4. The highest BCUT2D eigenvalue weighted by atomic mass is 19.1. The molecule has 0 aromatic heterocycles. The number of hydrogen-bond donors (Lipinski definition) is 2. The number of nitrogens with one attached hydrogen (secondary N) is 2. The summed E-state index contributed by atoms with van der Waals surface area (Å²) in [6.07, 6.45) is -1.12. The van der Waals surface area contributed by atoms with Gasteiger partial charge < -0.3 is 15.4 Å². The molecule has 0 saturated heterocycles. The van der Waals surface area contributed by atoms with Crippen LogP contribution in [0.2, 0.25) is 0 Å². The predicted octanol–water partition coefficient (Wildman–Crippen LogP) is 2.26. The Kier molecular flexibility index (Phi) is 6.37. The number of anilines is 1. The fraction of sp³-hybridized carbons (Fsp3) is 0.167. The molecule has 0 spiro atoms. The molecule has 2 aromatic rings. The van der Waals surface area contributed by atoms with Gasteiger partial charge in [0, 0.05) is 11.3 Å². The molecule has 0 aliphatic carbocycles. The van der Waals surface area contributed by atoms with Gasteiger partial charge in [0.25, 0.3) is 11.8 Å². The average Bonchev–Trinajstić information content (AvgIpc) is 2.62. The summed E-state index contributed by atoms with van der Waals surface area (Å²) in [5.74, 6) is -2.93. The van der Waals surface area contributed by atoms with Gasteiger partial charge in [-0.25, -0.2) is 8.78 Å². The summed E-state index contributed by atoms with van der Waals surface area (Å²) in [6.45, 7) is 0.906. The molecular formula is C18H16F2N2O4. The fourth-order valence-electron chi connectivity index (χ4n) is 1.93. The molecule has 0 bridgehead atoms. The summed E-state index contributed by atoms with van der Waals surface area (Å²) in [5.41, 5.74) is 0.533. The maximum Gasteiger partial charge on any atom is 0.326 e. The zero-order valence-corrected chi connectivity index (χ0v) is 13.8. The quantitative estimate of drug-likeness (QED) is 0.772. The van der Waals surface area contributed by atoms with Crippen LogP contribution in [0.25, 0.3) is 0 Å². The minimum absolute atomic E-state index is 0.182. The first kappa shape index (κ1) is 19.0. The average molecular weight is 362 g/mol. The van der Waals surface area contributed by atoms with Crippen molar-refractivity contribution < 1.29 is 27.9 Å². The van der Waals surface area contributed by atoms with Crippen molar-refractivity contribution in [3.8, 4) is 0 Å². The SMILES string of the molecule is C[C@H](OC(=O)CNC(=O)c1ccc(F)cc1)C(=O)Nc1ccc(F)cc1. The molecule has 2 rings (SSSR count). The van der Waals surface area contributed by atoms with Crippen LogP contribution in [0.15, 0.2) is 48.5 Å². The molecule has 6 nitrogen and oxygen atoms in total. The maximum atomic E-state index is 12.8. The Labute approximate surface area is 148 Å². The summed E-state index contributed by atoms with van der Waals surface area (Å²) >= 11 is 0. The topological polar surface area (TPSA) is 84.5 Å². The van der Waals surface area contributed by atoms with Gasteiger partial charge in [0.15, 0.2) is 6.10 Å². The standard InChI is InChI=1S/C18H16F2N2O4/c1-11(17(24)22-15-8-6-14(20)7-9-15)26-16(23)10-21-18(25)12-2-4-13(19)5-3-12/h2-9,11H,10H2,1H3,(H,21,25)(H,22,24)/t11-/m0/s1. The molecule has 8 heteroatoms. The van der Waals surface area contributed by atoms with Crippen molar-refractivity contribution in [1.29, 1.82) is 0 Å². The fourth-order valence-corrected chi connectivity index (χ4v) is 1.93. The van der Waals surface area contributed by atoms with Gasteiger partial charge in [0.05, 0.1) is 0 Å². The minimum atomic E-state index is -1.12. The molecule has 0 saturated carbocycles. The van der Waals surface area contributed by atoms with Gasteiger partial charge in [0.1, 0.15) is 18.2 Å². The monoisotopic (exact) mass is 362 g/mol. The molecular weight excluding hydrogens is 346 g/mol. The van der Waals surface area contributed by atoms with E-state index in [0.29, 0.717) is 5.69 Å². The molecule has 0 fully saturated rings. The number of benzene rings is 2. The molecule has 0 aliphatic heterocycles. The summed E-state index contributed by atoms with van der Waals surface area (Å²) in [7, 11) is 0. The first-order valence-electron chi connectivity index (χ1n) is 7.65. The summed E-state index contributed by atoms with van der Waals surface area (Å²) in [6, 6.07) is 9.87. The number of halogens is 2. The third kappa shape index (κ3) is 5.66. The summed E-state index contributed by atoms with van der Waals surface area (Å²) < 4.78 is 30.5. The van der Waals surface area contributed by atoms with Gasteiger partial charge in [-0.05, 0) is 55.5 Å². The van der Waals surface area contributed by atoms with Crippen LogP contribution in [0.3, 0.4) is 0 Å². The van der Waals surface area contributed by atoms with E-state index in [-0.39, 0.29) is 5.56 Å². The van der Waals surface area contributed by atoms with Gasteiger partial charge in [-0.15, -0.1) is 0 Å². The third-order valence-electron chi connectivity index (χ3n) is 3.29. The first-order valence-corrected chi connectivity index (χ1v) is 7.65. The number of rotatable bonds is 6. The van der Waals surface area contributed by atoms with Crippen LogP contribution in [0, 0.1) is 11.6 Å². The summed E-state index contributed by atoms with van der Waals surface area (Å²) in [5, 5.41) is 4.77. The third-order valence-corrected chi connectivity index (χ3v) is 3.29. The molecule has 2 aromatic carbocycles. The molecule has 0 heterocycles. The second-order valence-corrected chi connectivity index (χ2v) is 5.32. The van der Waals surface area contributed by atoms with Crippen molar-refractivity contribution >= 4 is 23.5 Å². The first-order chi connectivity index (χ1) is 12.3. The van der Waals surface area contributed by atoms with E-state index in [1.54, 1.807) is 0 Å². The normalized spacial score (nSPS) is 11.3. The van der Waals surface area contributed by atoms with Crippen molar-refractivity contribution in [1.82, 2.24) is 5.32 Å². The molecule has 1 atom stereocenters. The van der Waals surface area contributed by atoms with Crippen molar-refractivity contribution in [2.75, 3.05) is 11.9 Å². The van der Waals surface area contributed by atoms with Crippen LogP contribution in [0.5, 0.6) is 0 Å². The number of carbonyl (C=O) groups excluding carboxylic acids is 3. The lowest BCUT2D eigenvalue weighted by Crippen LogP contribution is -2.35. The van der Waals surface area contributed by atoms with Crippen molar-refractivity contribution in [3.05, 3.63) is 65.7 Å². The molecule has 0 unspecified atom stereocenters. The lowest BCUT2D eigenvalue weighted by Gasteiger charge is -2.14. The van der Waals surface area contributed by atoms with Crippen LogP contribution >= 0.6 is 0 Å².